The minimum atomic E-state index is -0.237. The third-order valence-corrected chi connectivity index (χ3v) is 4.80. The van der Waals surface area contributed by atoms with E-state index in [0.29, 0.717) is 0 Å². The quantitative estimate of drug-likeness (QED) is 0.133. The lowest BCUT2D eigenvalue weighted by Gasteiger charge is -2.03. The number of hydrogen-bond acceptors (Lipinski definition) is 2. The van der Waals surface area contributed by atoms with Gasteiger partial charge >= 0.3 is 5.97 Å². The van der Waals surface area contributed by atoms with Gasteiger partial charge in [-0.25, -0.2) is 0 Å². The standard InChI is InChI=1S/C23H44O2/c1-3-4-5-6-7-8-9-10-11-12-13-14-15-16-17-18-19-20-21-22-25-23(2)24/h21-22H,3-20H2,1-2H3. The van der Waals surface area contributed by atoms with Crippen LogP contribution in [-0.2, 0) is 9.53 Å². The van der Waals surface area contributed by atoms with E-state index in [1.165, 1.54) is 122 Å². The van der Waals surface area contributed by atoms with Crippen molar-refractivity contribution in [2.24, 2.45) is 0 Å². The van der Waals surface area contributed by atoms with E-state index in [2.05, 4.69) is 6.92 Å². The fourth-order valence-corrected chi connectivity index (χ4v) is 3.20. The Balaban J connectivity index is 3.03. The summed E-state index contributed by atoms with van der Waals surface area (Å²) in [4.78, 5) is 10.6. The molecule has 0 bridgehead atoms. The molecule has 0 aliphatic rings. The minimum absolute atomic E-state index is 0.237. The van der Waals surface area contributed by atoms with Crippen LogP contribution in [0, 0.1) is 0 Å². The summed E-state index contributed by atoms with van der Waals surface area (Å²) >= 11 is 0. The Kier molecular flexibility index (Phi) is 20.6. The van der Waals surface area contributed by atoms with Gasteiger partial charge in [-0.05, 0) is 18.9 Å². The molecule has 0 aromatic heterocycles. The van der Waals surface area contributed by atoms with Crippen molar-refractivity contribution in [2.75, 3.05) is 0 Å². The summed E-state index contributed by atoms with van der Waals surface area (Å²) in [5, 5.41) is 0. The van der Waals surface area contributed by atoms with Gasteiger partial charge in [-0.15, -0.1) is 0 Å². The SMILES string of the molecule is CCCCCCCCCCCCCCCCCCCC=COC(C)=O. The molecule has 0 fully saturated rings. The van der Waals surface area contributed by atoms with Gasteiger partial charge in [0.05, 0.1) is 6.26 Å². The molecule has 0 aromatic rings. The van der Waals surface area contributed by atoms with E-state index in [9.17, 15) is 4.79 Å². The Labute approximate surface area is 157 Å². The lowest BCUT2D eigenvalue weighted by molar-refractivity contribution is -0.135. The zero-order chi connectivity index (χ0) is 18.4. The maximum Gasteiger partial charge on any atom is 0.307 e. The second-order valence-electron chi connectivity index (χ2n) is 7.43. The molecular weight excluding hydrogens is 308 g/mol. The average Bonchev–Trinajstić information content (AvgIpc) is 2.60. The highest BCUT2D eigenvalue weighted by Gasteiger charge is 1.94. The maximum atomic E-state index is 10.6. The normalized spacial score (nSPS) is 11.3. The highest BCUT2D eigenvalue weighted by molar-refractivity contribution is 5.66. The molecule has 0 aliphatic heterocycles. The van der Waals surface area contributed by atoms with E-state index in [0.717, 1.165) is 6.42 Å². The number of rotatable bonds is 19. The van der Waals surface area contributed by atoms with E-state index in [-0.39, 0.29) is 5.97 Å². The summed E-state index contributed by atoms with van der Waals surface area (Å²) in [6, 6.07) is 0. The third kappa shape index (κ3) is 23.2. The van der Waals surface area contributed by atoms with Crippen LogP contribution < -0.4 is 0 Å². The Morgan fingerprint density at radius 2 is 1.00 bits per heavy atom. The molecule has 0 amide bonds. The highest BCUT2D eigenvalue weighted by atomic mass is 16.5. The fraction of sp³-hybridized carbons (Fsp3) is 0.870. The number of carbonyl (C=O) groups is 1. The van der Waals surface area contributed by atoms with Gasteiger partial charge in [0.2, 0.25) is 0 Å². The Bertz CT molecular complexity index is 296. The molecule has 2 nitrogen and oxygen atoms in total. The fourth-order valence-electron chi connectivity index (χ4n) is 3.20. The second-order valence-corrected chi connectivity index (χ2v) is 7.43. The predicted octanol–water partition coefficient (Wildman–Crippen LogP) is 8.10. The number of ether oxygens (including phenoxy) is 1. The van der Waals surface area contributed by atoms with Crippen LogP contribution in [0.1, 0.15) is 129 Å². The van der Waals surface area contributed by atoms with E-state index in [4.69, 9.17) is 4.74 Å². The van der Waals surface area contributed by atoms with Crippen molar-refractivity contribution >= 4 is 5.97 Å². The van der Waals surface area contributed by atoms with Crippen molar-refractivity contribution < 1.29 is 9.53 Å². The molecule has 0 atom stereocenters. The number of esters is 1. The van der Waals surface area contributed by atoms with Crippen LogP contribution in [0.25, 0.3) is 0 Å². The molecule has 148 valence electrons. The van der Waals surface area contributed by atoms with Gasteiger partial charge in [-0.1, -0.05) is 110 Å². The minimum Gasteiger partial charge on any atom is -0.435 e. The molecule has 0 rings (SSSR count). The first-order chi connectivity index (χ1) is 12.3. The number of hydrogen-bond donors (Lipinski definition) is 0. The summed E-state index contributed by atoms with van der Waals surface area (Å²) < 4.78 is 4.76. The number of unbranched alkanes of at least 4 members (excludes halogenated alkanes) is 17. The van der Waals surface area contributed by atoms with Crippen LogP contribution in [0.2, 0.25) is 0 Å². The van der Waals surface area contributed by atoms with Crippen LogP contribution in [0.3, 0.4) is 0 Å². The van der Waals surface area contributed by atoms with Crippen molar-refractivity contribution in [3.63, 3.8) is 0 Å². The summed E-state index contributed by atoms with van der Waals surface area (Å²) in [5.41, 5.74) is 0. The number of carbonyl (C=O) groups excluding carboxylic acids is 1. The van der Waals surface area contributed by atoms with E-state index >= 15 is 0 Å². The van der Waals surface area contributed by atoms with Crippen molar-refractivity contribution in [1.82, 2.24) is 0 Å². The maximum absolute atomic E-state index is 10.6. The van der Waals surface area contributed by atoms with Crippen LogP contribution >= 0.6 is 0 Å². The molecule has 0 aliphatic carbocycles. The summed E-state index contributed by atoms with van der Waals surface area (Å²) in [6.07, 6.45) is 28.4. The average molecular weight is 353 g/mol. The van der Waals surface area contributed by atoms with E-state index < -0.39 is 0 Å². The molecule has 2 heteroatoms. The van der Waals surface area contributed by atoms with Crippen LogP contribution in [0.15, 0.2) is 12.3 Å². The van der Waals surface area contributed by atoms with Gasteiger partial charge in [0.1, 0.15) is 0 Å². The molecule has 0 unspecified atom stereocenters. The molecule has 0 saturated carbocycles. The lowest BCUT2D eigenvalue weighted by Crippen LogP contribution is -1.89. The van der Waals surface area contributed by atoms with Gasteiger partial charge in [0, 0.05) is 6.92 Å². The van der Waals surface area contributed by atoms with Gasteiger partial charge in [0.25, 0.3) is 0 Å². The van der Waals surface area contributed by atoms with Gasteiger partial charge < -0.3 is 4.74 Å². The summed E-state index contributed by atoms with van der Waals surface area (Å²) in [6.45, 7) is 3.72. The lowest BCUT2D eigenvalue weighted by atomic mass is 10.0. The van der Waals surface area contributed by atoms with E-state index in [1.54, 1.807) is 0 Å². The van der Waals surface area contributed by atoms with Crippen molar-refractivity contribution in [1.29, 1.82) is 0 Å². The molecule has 25 heavy (non-hydrogen) atoms. The third-order valence-electron chi connectivity index (χ3n) is 4.80. The van der Waals surface area contributed by atoms with Crippen molar-refractivity contribution in [2.45, 2.75) is 129 Å². The smallest absolute Gasteiger partial charge is 0.307 e. The molecule has 0 saturated heterocycles. The molecular formula is C23H44O2. The molecule has 0 heterocycles. The number of allylic oxidation sites excluding steroid dienone is 1. The zero-order valence-corrected chi connectivity index (χ0v) is 17.2. The highest BCUT2D eigenvalue weighted by Crippen LogP contribution is 2.14. The van der Waals surface area contributed by atoms with Crippen molar-refractivity contribution in [3.05, 3.63) is 12.3 Å². The predicted molar refractivity (Wildman–Crippen MR) is 110 cm³/mol. The second kappa shape index (κ2) is 21.3. The van der Waals surface area contributed by atoms with Gasteiger partial charge in [-0.2, -0.15) is 0 Å². The summed E-state index contributed by atoms with van der Waals surface area (Å²) in [7, 11) is 0. The first-order valence-electron chi connectivity index (χ1n) is 11.1. The Morgan fingerprint density at radius 1 is 0.640 bits per heavy atom. The molecule has 0 radical (unpaired) electrons. The Hall–Kier alpha value is -0.790. The first-order valence-corrected chi connectivity index (χ1v) is 11.1. The molecule has 0 aromatic carbocycles. The van der Waals surface area contributed by atoms with Crippen LogP contribution in [-0.4, -0.2) is 5.97 Å². The molecule has 0 N–H and O–H groups in total. The van der Waals surface area contributed by atoms with E-state index in [1.807, 2.05) is 6.08 Å². The molecule has 0 spiro atoms. The first kappa shape index (κ1) is 24.2. The van der Waals surface area contributed by atoms with Crippen LogP contribution in [0.5, 0.6) is 0 Å². The van der Waals surface area contributed by atoms with Gasteiger partial charge in [0.15, 0.2) is 0 Å². The monoisotopic (exact) mass is 352 g/mol. The zero-order valence-electron chi connectivity index (χ0n) is 17.2. The van der Waals surface area contributed by atoms with Gasteiger partial charge in [-0.3, -0.25) is 4.79 Å². The summed E-state index contributed by atoms with van der Waals surface area (Å²) in [5.74, 6) is -0.237. The van der Waals surface area contributed by atoms with Crippen LogP contribution in [0.4, 0.5) is 0 Å². The van der Waals surface area contributed by atoms with Crippen molar-refractivity contribution in [3.8, 4) is 0 Å². The Morgan fingerprint density at radius 3 is 1.36 bits per heavy atom. The largest absolute Gasteiger partial charge is 0.435 e. The topological polar surface area (TPSA) is 26.3 Å².